The van der Waals surface area contributed by atoms with E-state index in [0.29, 0.717) is 6.54 Å². The molecule has 2 heterocycles. The SMILES string of the molecule is COCCN(C(=O)COC(=O)c1cn(Cc2ccccc2)nn1)c1c(N)n(CC(C)C)c(=O)[nH]c1=O. The smallest absolute Gasteiger partial charge is 0.361 e. The molecular formula is C23H29N7O6. The molecule has 0 spiro atoms. The van der Waals surface area contributed by atoms with Crippen molar-refractivity contribution in [3.63, 3.8) is 0 Å². The minimum atomic E-state index is -0.860. The topological polar surface area (TPSA) is 167 Å². The minimum Gasteiger partial charge on any atom is -0.451 e. The van der Waals surface area contributed by atoms with Crippen LogP contribution in [-0.4, -0.2) is 63.3 Å². The number of ether oxygens (including phenoxy) is 2. The van der Waals surface area contributed by atoms with Gasteiger partial charge in [-0.15, -0.1) is 5.10 Å². The molecule has 13 heteroatoms. The van der Waals surface area contributed by atoms with Crippen molar-refractivity contribution in [2.75, 3.05) is 37.5 Å². The number of amides is 1. The fourth-order valence-electron chi connectivity index (χ4n) is 3.45. The lowest BCUT2D eigenvalue weighted by atomic mass is 10.2. The lowest BCUT2D eigenvalue weighted by molar-refractivity contribution is -0.121. The van der Waals surface area contributed by atoms with Crippen LogP contribution in [0, 0.1) is 5.92 Å². The van der Waals surface area contributed by atoms with Gasteiger partial charge >= 0.3 is 11.7 Å². The van der Waals surface area contributed by atoms with E-state index in [0.717, 1.165) is 10.5 Å². The number of methoxy groups -OCH3 is 1. The van der Waals surface area contributed by atoms with Gasteiger partial charge in [0.25, 0.3) is 11.5 Å². The first kappa shape index (κ1) is 26.3. The second-order valence-electron chi connectivity index (χ2n) is 8.40. The Morgan fingerprint density at radius 3 is 2.58 bits per heavy atom. The first-order valence-electron chi connectivity index (χ1n) is 11.2. The van der Waals surface area contributed by atoms with E-state index in [1.165, 1.54) is 22.6 Å². The summed E-state index contributed by atoms with van der Waals surface area (Å²) in [6.07, 6.45) is 1.41. The summed E-state index contributed by atoms with van der Waals surface area (Å²) in [6, 6.07) is 9.47. The van der Waals surface area contributed by atoms with Crippen molar-refractivity contribution in [2.24, 2.45) is 5.92 Å². The van der Waals surface area contributed by atoms with Crippen molar-refractivity contribution in [3.8, 4) is 0 Å². The summed E-state index contributed by atoms with van der Waals surface area (Å²) in [6.45, 7) is 3.69. The predicted octanol–water partition coefficient (Wildman–Crippen LogP) is 0.251. The van der Waals surface area contributed by atoms with Crippen LogP contribution in [0.4, 0.5) is 11.5 Å². The monoisotopic (exact) mass is 499 g/mol. The number of esters is 1. The number of rotatable bonds is 11. The number of anilines is 2. The average Bonchev–Trinajstić information content (AvgIpc) is 3.31. The van der Waals surface area contributed by atoms with Crippen molar-refractivity contribution < 1.29 is 19.1 Å². The highest BCUT2D eigenvalue weighted by Crippen LogP contribution is 2.18. The Morgan fingerprint density at radius 1 is 1.19 bits per heavy atom. The van der Waals surface area contributed by atoms with Crippen molar-refractivity contribution in [3.05, 3.63) is 68.6 Å². The summed E-state index contributed by atoms with van der Waals surface area (Å²) >= 11 is 0. The fourth-order valence-corrected chi connectivity index (χ4v) is 3.45. The van der Waals surface area contributed by atoms with Gasteiger partial charge in [0.1, 0.15) is 5.82 Å². The van der Waals surface area contributed by atoms with Gasteiger partial charge in [-0.25, -0.2) is 14.3 Å². The predicted molar refractivity (Wildman–Crippen MR) is 131 cm³/mol. The molecular weight excluding hydrogens is 470 g/mol. The number of aromatic amines is 1. The number of nitrogens with zero attached hydrogens (tertiary/aromatic N) is 5. The van der Waals surface area contributed by atoms with E-state index >= 15 is 0 Å². The van der Waals surface area contributed by atoms with Crippen LogP contribution in [-0.2, 0) is 27.4 Å². The minimum absolute atomic E-state index is 0.0446. The van der Waals surface area contributed by atoms with E-state index in [2.05, 4.69) is 15.3 Å². The third-order valence-electron chi connectivity index (χ3n) is 5.11. The first-order chi connectivity index (χ1) is 17.2. The van der Waals surface area contributed by atoms with Gasteiger partial charge in [-0.05, 0) is 11.5 Å². The van der Waals surface area contributed by atoms with Crippen LogP contribution in [0.5, 0.6) is 0 Å². The van der Waals surface area contributed by atoms with Crippen LogP contribution >= 0.6 is 0 Å². The Labute approximate surface area is 206 Å². The van der Waals surface area contributed by atoms with Gasteiger partial charge in [0.15, 0.2) is 18.0 Å². The molecule has 36 heavy (non-hydrogen) atoms. The lowest BCUT2D eigenvalue weighted by Gasteiger charge is -2.24. The Kier molecular flexibility index (Phi) is 8.73. The molecule has 0 radical (unpaired) electrons. The molecule has 0 aliphatic rings. The van der Waals surface area contributed by atoms with Gasteiger partial charge in [0, 0.05) is 20.2 Å². The molecule has 0 aliphatic carbocycles. The van der Waals surface area contributed by atoms with E-state index < -0.39 is 29.7 Å². The summed E-state index contributed by atoms with van der Waals surface area (Å²) in [5.74, 6) is -1.72. The van der Waals surface area contributed by atoms with Gasteiger partial charge in [-0.1, -0.05) is 49.4 Å². The van der Waals surface area contributed by atoms with Gasteiger partial charge in [-0.2, -0.15) is 0 Å². The van der Waals surface area contributed by atoms with E-state index in [-0.39, 0.29) is 42.8 Å². The highest BCUT2D eigenvalue weighted by Gasteiger charge is 2.26. The second kappa shape index (κ2) is 11.9. The maximum atomic E-state index is 13.0. The number of nitrogen functional groups attached to an aromatic ring is 1. The molecule has 0 fully saturated rings. The highest BCUT2D eigenvalue weighted by atomic mass is 16.5. The van der Waals surface area contributed by atoms with Crippen LogP contribution < -0.4 is 21.9 Å². The molecule has 0 unspecified atom stereocenters. The molecule has 0 saturated heterocycles. The molecule has 3 aromatic rings. The number of carbonyl (C=O) groups is 2. The van der Waals surface area contributed by atoms with Crippen LogP contribution in [0.1, 0.15) is 29.9 Å². The quantitative estimate of drug-likeness (QED) is 0.351. The largest absolute Gasteiger partial charge is 0.451 e. The third-order valence-corrected chi connectivity index (χ3v) is 5.11. The van der Waals surface area contributed by atoms with Crippen LogP contribution in [0.15, 0.2) is 46.1 Å². The molecule has 0 bridgehead atoms. The maximum Gasteiger partial charge on any atom is 0.361 e. The van der Waals surface area contributed by atoms with E-state index in [4.69, 9.17) is 15.2 Å². The molecule has 3 rings (SSSR count). The number of aromatic nitrogens is 5. The Balaban J connectivity index is 1.76. The Hall–Kier alpha value is -4.26. The average molecular weight is 500 g/mol. The first-order valence-corrected chi connectivity index (χ1v) is 11.2. The number of hydrogen-bond donors (Lipinski definition) is 2. The summed E-state index contributed by atoms with van der Waals surface area (Å²) in [4.78, 5) is 53.6. The maximum absolute atomic E-state index is 13.0. The summed E-state index contributed by atoms with van der Waals surface area (Å²) in [5, 5.41) is 7.71. The number of nitrogens with one attached hydrogen (secondary N) is 1. The van der Waals surface area contributed by atoms with E-state index in [1.54, 1.807) is 0 Å². The number of nitrogens with two attached hydrogens (primary N) is 1. The van der Waals surface area contributed by atoms with Gasteiger partial charge in [-0.3, -0.25) is 24.0 Å². The van der Waals surface area contributed by atoms with Gasteiger partial charge in [0.2, 0.25) is 0 Å². The zero-order chi connectivity index (χ0) is 26.2. The van der Waals surface area contributed by atoms with Crippen LogP contribution in [0.25, 0.3) is 0 Å². The molecule has 3 N–H and O–H groups in total. The number of H-pyrrole nitrogens is 1. The summed E-state index contributed by atoms with van der Waals surface area (Å²) in [5.41, 5.74) is 5.29. The van der Waals surface area contributed by atoms with Crippen LogP contribution in [0.3, 0.4) is 0 Å². The lowest BCUT2D eigenvalue weighted by Crippen LogP contribution is -2.44. The van der Waals surface area contributed by atoms with Crippen LogP contribution in [0.2, 0.25) is 0 Å². The highest BCUT2D eigenvalue weighted by molar-refractivity contribution is 5.98. The molecule has 1 aromatic carbocycles. The molecule has 0 saturated carbocycles. The van der Waals surface area contributed by atoms with Gasteiger partial charge < -0.3 is 15.2 Å². The van der Waals surface area contributed by atoms with Crippen molar-refractivity contribution in [1.29, 1.82) is 0 Å². The fraction of sp³-hybridized carbons (Fsp3) is 0.391. The number of benzene rings is 1. The zero-order valence-corrected chi connectivity index (χ0v) is 20.3. The third kappa shape index (κ3) is 6.44. The normalized spacial score (nSPS) is 11.0. The summed E-state index contributed by atoms with van der Waals surface area (Å²) < 4.78 is 12.8. The van der Waals surface area contributed by atoms with E-state index in [9.17, 15) is 19.2 Å². The summed E-state index contributed by atoms with van der Waals surface area (Å²) in [7, 11) is 1.43. The molecule has 0 aliphatic heterocycles. The standard InChI is InChI=1S/C23H29N7O6/c1-15(2)11-30-20(24)19(21(32)25-23(30)34)29(9-10-35-3)18(31)14-36-22(33)17-13-28(27-26-17)12-16-7-5-4-6-8-16/h4-8,13,15H,9-12,14,24H2,1-3H3,(H,25,32,34). The molecule has 13 nitrogen and oxygen atoms in total. The van der Waals surface area contributed by atoms with E-state index in [1.807, 2.05) is 44.2 Å². The zero-order valence-electron chi connectivity index (χ0n) is 20.3. The number of hydrogen-bond acceptors (Lipinski definition) is 9. The molecule has 2 aromatic heterocycles. The second-order valence-corrected chi connectivity index (χ2v) is 8.40. The molecule has 0 atom stereocenters. The number of carbonyl (C=O) groups excluding carboxylic acids is 2. The van der Waals surface area contributed by atoms with Crippen molar-refractivity contribution in [2.45, 2.75) is 26.9 Å². The Bertz CT molecular complexity index is 1310. The Morgan fingerprint density at radius 2 is 1.92 bits per heavy atom. The van der Waals surface area contributed by atoms with Gasteiger partial charge in [0.05, 0.1) is 19.3 Å². The van der Waals surface area contributed by atoms with Crippen molar-refractivity contribution in [1.82, 2.24) is 24.5 Å². The molecule has 1 amide bonds. The van der Waals surface area contributed by atoms with Crippen molar-refractivity contribution >= 4 is 23.4 Å². The molecule has 192 valence electrons.